The van der Waals surface area contributed by atoms with E-state index in [0.717, 1.165) is 55.2 Å². The third kappa shape index (κ3) is 6.40. The lowest BCUT2D eigenvalue weighted by molar-refractivity contribution is 0.292. The van der Waals surface area contributed by atoms with Crippen molar-refractivity contribution in [2.45, 2.75) is 45.4 Å². The lowest BCUT2D eigenvalue weighted by Gasteiger charge is -2.32. The Morgan fingerprint density at radius 3 is 2.41 bits per heavy atom. The largest absolute Gasteiger partial charge is 0.494 e. The molecule has 0 aliphatic carbocycles. The molecule has 2 rings (SSSR count). The van der Waals surface area contributed by atoms with Gasteiger partial charge in [-0.2, -0.15) is 5.26 Å². The topological polar surface area (TPSA) is 54.7 Å². The third-order valence-electron chi connectivity index (χ3n) is 6.19. The fraction of sp³-hybridized carbons (Fsp3) is 0.519. The van der Waals surface area contributed by atoms with Gasteiger partial charge in [-0.3, -0.25) is 0 Å². The van der Waals surface area contributed by atoms with Crippen molar-refractivity contribution in [1.82, 2.24) is 4.90 Å². The number of nitrogens with zero attached hydrogens (tertiary/aromatic N) is 2. The van der Waals surface area contributed by atoms with Crippen LogP contribution in [0.15, 0.2) is 42.5 Å². The Hall–Kier alpha value is -2.71. The molecule has 2 aromatic rings. The average molecular weight is 439 g/mol. The molecule has 0 aromatic heterocycles. The van der Waals surface area contributed by atoms with E-state index in [1.807, 2.05) is 37.3 Å². The Morgan fingerprint density at radius 1 is 1.03 bits per heavy atom. The number of hydrogen-bond donors (Lipinski definition) is 0. The minimum atomic E-state index is -0.517. The maximum atomic E-state index is 10.2. The third-order valence-corrected chi connectivity index (χ3v) is 6.19. The molecule has 0 amide bonds. The molecule has 0 fully saturated rings. The van der Waals surface area contributed by atoms with Crippen LogP contribution in [0.5, 0.6) is 17.2 Å². The number of hydrogen-bond acceptors (Lipinski definition) is 5. The highest BCUT2D eigenvalue weighted by Crippen LogP contribution is 2.38. The summed E-state index contributed by atoms with van der Waals surface area (Å²) in [4.78, 5) is 2.33. The van der Waals surface area contributed by atoms with Crippen LogP contribution in [0.1, 0.15) is 44.7 Å². The van der Waals surface area contributed by atoms with Crippen LogP contribution in [-0.4, -0.2) is 45.9 Å². The highest BCUT2D eigenvalue weighted by atomic mass is 16.5. The summed E-state index contributed by atoms with van der Waals surface area (Å²) in [6.45, 7) is 8.75. The highest BCUT2D eigenvalue weighted by Gasteiger charge is 2.35. The van der Waals surface area contributed by atoms with Crippen LogP contribution in [0.2, 0.25) is 0 Å². The van der Waals surface area contributed by atoms with Crippen molar-refractivity contribution in [3.05, 3.63) is 53.6 Å². The Balaban J connectivity index is 1.98. The van der Waals surface area contributed by atoms with Crippen molar-refractivity contribution in [3.63, 3.8) is 0 Å². The summed E-state index contributed by atoms with van der Waals surface area (Å²) in [5.41, 5.74) is 1.75. The predicted molar refractivity (Wildman–Crippen MR) is 130 cm³/mol. The molecule has 5 nitrogen and oxygen atoms in total. The Bertz CT molecular complexity index is 891. The van der Waals surface area contributed by atoms with Gasteiger partial charge in [-0.05, 0) is 81.1 Å². The molecule has 1 atom stereocenters. The van der Waals surface area contributed by atoms with Gasteiger partial charge < -0.3 is 19.1 Å². The molecular formula is C27H38N2O3. The molecule has 2 aromatic carbocycles. The van der Waals surface area contributed by atoms with E-state index >= 15 is 0 Å². The van der Waals surface area contributed by atoms with Gasteiger partial charge in [0, 0.05) is 6.54 Å². The van der Waals surface area contributed by atoms with Crippen LogP contribution >= 0.6 is 0 Å². The summed E-state index contributed by atoms with van der Waals surface area (Å²) in [5, 5.41) is 10.2. The second-order valence-electron chi connectivity index (χ2n) is 8.54. The summed E-state index contributed by atoms with van der Waals surface area (Å²) in [6, 6.07) is 16.8. The van der Waals surface area contributed by atoms with Crippen molar-refractivity contribution in [2.75, 3.05) is 41.0 Å². The first-order chi connectivity index (χ1) is 15.4. The maximum absolute atomic E-state index is 10.2. The number of rotatable bonds is 13. The van der Waals surface area contributed by atoms with E-state index < -0.39 is 5.41 Å². The van der Waals surface area contributed by atoms with E-state index in [9.17, 15) is 5.26 Å². The van der Waals surface area contributed by atoms with Gasteiger partial charge in [0.05, 0.1) is 32.3 Å². The molecule has 0 heterocycles. The van der Waals surface area contributed by atoms with Gasteiger partial charge in [-0.25, -0.2) is 0 Å². The van der Waals surface area contributed by atoms with E-state index in [1.54, 1.807) is 14.2 Å². The summed E-state index contributed by atoms with van der Waals surface area (Å²) < 4.78 is 16.4. The minimum absolute atomic E-state index is 0.210. The zero-order chi connectivity index (χ0) is 23.6. The summed E-state index contributed by atoms with van der Waals surface area (Å²) >= 11 is 0. The molecule has 0 unspecified atom stereocenters. The second-order valence-corrected chi connectivity index (χ2v) is 8.54. The molecule has 0 spiro atoms. The molecular weight excluding hydrogens is 400 g/mol. The smallest absolute Gasteiger partial charge is 0.160 e. The first-order valence-corrected chi connectivity index (χ1v) is 11.4. The SMILES string of the molecule is CCOc1cccc([C@](C#N)(CCCN(C)CCc2ccc(OC)c(OC)c2)C(C)C)c1. The van der Waals surface area contributed by atoms with Crippen molar-refractivity contribution in [2.24, 2.45) is 5.92 Å². The monoisotopic (exact) mass is 438 g/mol. The normalized spacial score (nSPS) is 13.0. The zero-order valence-corrected chi connectivity index (χ0v) is 20.5. The first kappa shape index (κ1) is 25.5. The molecule has 174 valence electrons. The van der Waals surface area contributed by atoms with Gasteiger partial charge in [0.1, 0.15) is 5.75 Å². The fourth-order valence-electron chi connectivity index (χ4n) is 4.14. The number of methoxy groups -OCH3 is 2. The Labute approximate surface area is 193 Å². The average Bonchev–Trinajstić information content (AvgIpc) is 2.80. The lowest BCUT2D eigenvalue weighted by Crippen LogP contribution is -2.32. The zero-order valence-electron chi connectivity index (χ0n) is 20.5. The van der Waals surface area contributed by atoms with Gasteiger partial charge in [-0.15, -0.1) is 0 Å². The molecule has 32 heavy (non-hydrogen) atoms. The van der Waals surface area contributed by atoms with Crippen molar-refractivity contribution in [1.29, 1.82) is 5.26 Å². The van der Waals surface area contributed by atoms with E-state index in [0.29, 0.717) is 6.61 Å². The van der Waals surface area contributed by atoms with Crippen LogP contribution in [0.3, 0.4) is 0 Å². The molecule has 0 saturated carbocycles. The van der Waals surface area contributed by atoms with Crippen molar-refractivity contribution in [3.8, 4) is 23.3 Å². The van der Waals surface area contributed by atoms with Crippen molar-refractivity contribution >= 4 is 0 Å². The van der Waals surface area contributed by atoms with Crippen molar-refractivity contribution < 1.29 is 14.2 Å². The first-order valence-electron chi connectivity index (χ1n) is 11.4. The molecule has 0 saturated heterocycles. The van der Waals surface area contributed by atoms with Crippen LogP contribution in [0.4, 0.5) is 0 Å². The van der Waals surface area contributed by atoms with Crippen LogP contribution in [-0.2, 0) is 11.8 Å². The van der Waals surface area contributed by atoms with E-state index in [2.05, 4.69) is 44.0 Å². The van der Waals surface area contributed by atoms with Crippen LogP contribution < -0.4 is 14.2 Å². The number of nitriles is 1. The fourth-order valence-corrected chi connectivity index (χ4v) is 4.14. The molecule has 5 heteroatoms. The number of ether oxygens (including phenoxy) is 3. The Kier molecular flexibility index (Phi) is 9.87. The van der Waals surface area contributed by atoms with Crippen LogP contribution in [0.25, 0.3) is 0 Å². The second kappa shape index (κ2) is 12.4. The molecule has 0 bridgehead atoms. The van der Waals surface area contributed by atoms with Gasteiger partial charge >= 0.3 is 0 Å². The summed E-state index contributed by atoms with van der Waals surface area (Å²) in [6.07, 6.45) is 2.70. The minimum Gasteiger partial charge on any atom is -0.494 e. The van der Waals surface area contributed by atoms with Gasteiger partial charge in [0.25, 0.3) is 0 Å². The predicted octanol–water partition coefficient (Wildman–Crippen LogP) is 5.47. The molecule has 0 radical (unpaired) electrons. The molecule has 0 aliphatic heterocycles. The lowest BCUT2D eigenvalue weighted by atomic mass is 9.70. The van der Waals surface area contributed by atoms with E-state index in [-0.39, 0.29) is 5.92 Å². The highest BCUT2D eigenvalue weighted by molar-refractivity contribution is 5.43. The summed E-state index contributed by atoms with van der Waals surface area (Å²) in [5.74, 6) is 2.55. The van der Waals surface area contributed by atoms with Gasteiger partial charge in [0.15, 0.2) is 11.5 Å². The molecule has 0 aliphatic rings. The maximum Gasteiger partial charge on any atom is 0.160 e. The van der Waals surface area contributed by atoms with Gasteiger partial charge in [0.2, 0.25) is 0 Å². The van der Waals surface area contributed by atoms with E-state index in [1.165, 1.54) is 5.56 Å². The number of benzene rings is 2. The standard InChI is InChI=1S/C27H38N2O3/c1-7-32-24-11-8-10-23(19-24)27(20-28,21(2)3)15-9-16-29(4)17-14-22-12-13-25(30-5)26(18-22)31-6/h8,10-13,18-19,21H,7,9,14-17H2,1-6H3/t27-/m0/s1. The quantitative estimate of drug-likeness (QED) is 0.415. The Morgan fingerprint density at radius 2 is 1.78 bits per heavy atom. The van der Waals surface area contributed by atoms with Crippen LogP contribution in [0, 0.1) is 17.2 Å². The van der Waals surface area contributed by atoms with E-state index in [4.69, 9.17) is 14.2 Å². The molecule has 0 N–H and O–H groups in total. The van der Waals surface area contributed by atoms with Gasteiger partial charge in [-0.1, -0.05) is 32.0 Å². The number of likely N-dealkylation sites (N-methyl/N-ethyl adjacent to an activating group) is 1. The summed E-state index contributed by atoms with van der Waals surface area (Å²) in [7, 11) is 5.45.